The summed E-state index contributed by atoms with van der Waals surface area (Å²) in [7, 11) is 0. The van der Waals surface area contributed by atoms with Crippen LogP contribution in [0.1, 0.15) is 30.1 Å². The molecule has 1 rings (SSSR count). The van der Waals surface area contributed by atoms with Crippen molar-refractivity contribution in [3.63, 3.8) is 0 Å². The first-order valence-corrected chi connectivity index (χ1v) is 5.92. The predicted molar refractivity (Wildman–Crippen MR) is 69.9 cm³/mol. The Morgan fingerprint density at radius 1 is 1.44 bits per heavy atom. The maximum absolute atomic E-state index is 11.7. The van der Waals surface area contributed by atoms with Gasteiger partial charge in [0.05, 0.1) is 11.6 Å². The predicted octanol–water partition coefficient (Wildman–Crippen LogP) is 2.10. The number of nitrogens with two attached hydrogens (primary N) is 1. The van der Waals surface area contributed by atoms with Crippen molar-refractivity contribution in [2.75, 3.05) is 5.32 Å². The second kappa shape index (κ2) is 6.37. The standard InChI is InChI=1S/C12H15ClN2O3/c1-2-3-10(14)11(16)15-9-5-7(12(17)18)4-8(13)6-9/h4-6,10H,2-3,14H2,1H3,(H,15,16)(H,17,18)/t10-/m1/s1. The molecule has 0 saturated carbocycles. The SMILES string of the molecule is CCC[C@@H](N)C(=O)Nc1cc(Cl)cc(C(=O)O)c1. The average molecular weight is 271 g/mol. The summed E-state index contributed by atoms with van der Waals surface area (Å²) in [6.07, 6.45) is 1.36. The van der Waals surface area contributed by atoms with Gasteiger partial charge in [0.2, 0.25) is 5.91 Å². The Bertz CT molecular complexity index is 463. The van der Waals surface area contributed by atoms with E-state index in [2.05, 4.69) is 5.32 Å². The summed E-state index contributed by atoms with van der Waals surface area (Å²) in [6.45, 7) is 1.93. The maximum atomic E-state index is 11.7. The van der Waals surface area contributed by atoms with Crippen LogP contribution in [0.4, 0.5) is 5.69 Å². The van der Waals surface area contributed by atoms with E-state index in [0.717, 1.165) is 6.42 Å². The van der Waals surface area contributed by atoms with Gasteiger partial charge in [-0.05, 0) is 24.6 Å². The Hall–Kier alpha value is -1.59. The number of carboxylic acid groups (broad SMARTS) is 1. The number of hydrogen-bond acceptors (Lipinski definition) is 3. The monoisotopic (exact) mass is 270 g/mol. The third kappa shape index (κ3) is 4.01. The first kappa shape index (κ1) is 14.5. The van der Waals surface area contributed by atoms with Gasteiger partial charge in [-0.15, -0.1) is 0 Å². The van der Waals surface area contributed by atoms with Crippen molar-refractivity contribution in [2.45, 2.75) is 25.8 Å². The van der Waals surface area contributed by atoms with Gasteiger partial charge in [0, 0.05) is 10.7 Å². The lowest BCUT2D eigenvalue weighted by Gasteiger charge is -2.11. The second-order valence-corrected chi connectivity index (χ2v) is 4.35. The van der Waals surface area contributed by atoms with Gasteiger partial charge in [-0.25, -0.2) is 4.79 Å². The van der Waals surface area contributed by atoms with Crippen molar-refractivity contribution >= 4 is 29.2 Å². The number of carbonyl (C=O) groups is 2. The quantitative estimate of drug-likeness (QED) is 0.764. The van der Waals surface area contributed by atoms with Crippen LogP contribution in [0.5, 0.6) is 0 Å². The number of rotatable bonds is 5. The van der Waals surface area contributed by atoms with Gasteiger partial charge in [-0.1, -0.05) is 24.9 Å². The van der Waals surface area contributed by atoms with Crippen LogP contribution >= 0.6 is 11.6 Å². The summed E-state index contributed by atoms with van der Waals surface area (Å²) >= 11 is 5.77. The summed E-state index contributed by atoms with van der Waals surface area (Å²) < 4.78 is 0. The molecule has 0 aliphatic heterocycles. The lowest BCUT2D eigenvalue weighted by atomic mass is 10.1. The van der Waals surface area contributed by atoms with E-state index >= 15 is 0 Å². The molecular weight excluding hydrogens is 256 g/mol. The van der Waals surface area contributed by atoms with E-state index in [1.165, 1.54) is 18.2 Å². The number of hydrogen-bond donors (Lipinski definition) is 3. The van der Waals surface area contributed by atoms with E-state index in [0.29, 0.717) is 12.1 Å². The lowest BCUT2D eigenvalue weighted by molar-refractivity contribution is -0.117. The minimum Gasteiger partial charge on any atom is -0.478 e. The molecule has 0 fully saturated rings. The number of anilines is 1. The summed E-state index contributed by atoms with van der Waals surface area (Å²) in [6, 6.07) is 3.52. The first-order valence-electron chi connectivity index (χ1n) is 5.54. The van der Waals surface area contributed by atoms with Gasteiger partial charge in [0.1, 0.15) is 0 Å². The molecule has 4 N–H and O–H groups in total. The smallest absolute Gasteiger partial charge is 0.335 e. The van der Waals surface area contributed by atoms with Crippen molar-refractivity contribution in [1.82, 2.24) is 0 Å². The van der Waals surface area contributed by atoms with Crippen LogP contribution in [0.15, 0.2) is 18.2 Å². The zero-order valence-corrected chi connectivity index (χ0v) is 10.7. The third-order valence-corrected chi connectivity index (χ3v) is 2.57. The maximum Gasteiger partial charge on any atom is 0.335 e. The molecule has 0 radical (unpaired) electrons. The Balaban J connectivity index is 2.84. The normalized spacial score (nSPS) is 11.9. The summed E-state index contributed by atoms with van der Waals surface area (Å²) in [5.41, 5.74) is 6.00. The highest BCUT2D eigenvalue weighted by Gasteiger charge is 2.14. The molecule has 6 heteroatoms. The van der Waals surface area contributed by atoms with E-state index in [4.69, 9.17) is 22.4 Å². The van der Waals surface area contributed by atoms with Gasteiger partial charge in [-0.3, -0.25) is 4.79 Å². The molecule has 98 valence electrons. The van der Waals surface area contributed by atoms with Crippen LogP contribution < -0.4 is 11.1 Å². The average Bonchev–Trinajstić information content (AvgIpc) is 2.28. The number of benzene rings is 1. The highest BCUT2D eigenvalue weighted by Crippen LogP contribution is 2.19. The van der Waals surface area contributed by atoms with Gasteiger partial charge in [0.25, 0.3) is 0 Å². The molecule has 5 nitrogen and oxygen atoms in total. The van der Waals surface area contributed by atoms with E-state index < -0.39 is 12.0 Å². The van der Waals surface area contributed by atoms with Crippen molar-refractivity contribution in [1.29, 1.82) is 0 Å². The topological polar surface area (TPSA) is 92.4 Å². The van der Waals surface area contributed by atoms with Crippen molar-refractivity contribution in [3.05, 3.63) is 28.8 Å². The van der Waals surface area contributed by atoms with Crippen LogP contribution in [-0.4, -0.2) is 23.0 Å². The fourth-order valence-corrected chi connectivity index (χ4v) is 1.70. The second-order valence-electron chi connectivity index (χ2n) is 3.92. The van der Waals surface area contributed by atoms with E-state index in [-0.39, 0.29) is 16.5 Å². The van der Waals surface area contributed by atoms with Crippen molar-refractivity contribution in [2.24, 2.45) is 5.73 Å². The Kier molecular flexibility index (Phi) is 5.12. The number of carbonyl (C=O) groups excluding carboxylic acids is 1. The molecule has 0 unspecified atom stereocenters. The van der Waals surface area contributed by atoms with Gasteiger partial charge < -0.3 is 16.2 Å². The summed E-state index contributed by atoms with van der Waals surface area (Å²) in [4.78, 5) is 22.5. The van der Waals surface area contributed by atoms with Crippen LogP contribution in [0.2, 0.25) is 5.02 Å². The van der Waals surface area contributed by atoms with Crippen molar-refractivity contribution < 1.29 is 14.7 Å². The van der Waals surface area contributed by atoms with Gasteiger partial charge in [0.15, 0.2) is 0 Å². The third-order valence-electron chi connectivity index (χ3n) is 2.35. The number of nitrogens with one attached hydrogen (secondary N) is 1. The molecule has 0 heterocycles. The Morgan fingerprint density at radius 2 is 2.11 bits per heavy atom. The van der Waals surface area contributed by atoms with Gasteiger partial charge in [-0.2, -0.15) is 0 Å². The molecule has 0 aliphatic carbocycles. The largest absolute Gasteiger partial charge is 0.478 e. The minimum absolute atomic E-state index is 0.0156. The molecule has 0 aliphatic rings. The fraction of sp³-hybridized carbons (Fsp3) is 0.333. The molecule has 1 aromatic carbocycles. The zero-order valence-electron chi connectivity index (χ0n) is 9.94. The Morgan fingerprint density at radius 3 is 2.67 bits per heavy atom. The van der Waals surface area contributed by atoms with E-state index in [1.54, 1.807) is 0 Å². The molecule has 1 amide bonds. The molecule has 0 bridgehead atoms. The molecule has 1 atom stereocenters. The molecule has 18 heavy (non-hydrogen) atoms. The highest BCUT2D eigenvalue weighted by molar-refractivity contribution is 6.31. The van der Waals surface area contributed by atoms with Crippen LogP contribution in [-0.2, 0) is 4.79 Å². The van der Waals surface area contributed by atoms with Gasteiger partial charge >= 0.3 is 5.97 Å². The molecule has 0 aromatic heterocycles. The summed E-state index contributed by atoms with van der Waals surface area (Å²) in [5.74, 6) is -1.46. The molecular formula is C12H15ClN2O3. The van der Waals surface area contributed by atoms with E-state index in [9.17, 15) is 9.59 Å². The van der Waals surface area contributed by atoms with Crippen LogP contribution in [0.25, 0.3) is 0 Å². The number of carboxylic acids is 1. The van der Waals surface area contributed by atoms with E-state index in [1.807, 2.05) is 6.92 Å². The molecule has 1 aromatic rings. The number of aromatic carboxylic acids is 1. The summed E-state index contributed by atoms with van der Waals surface area (Å²) in [5, 5.41) is 11.7. The van der Waals surface area contributed by atoms with Crippen LogP contribution in [0, 0.1) is 0 Å². The minimum atomic E-state index is -1.11. The Labute approximate surface area is 110 Å². The first-order chi connectivity index (χ1) is 8.43. The highest BCUT2D eigenvalue weighted by atomic mass is 35.5. The van der Waals surface area contributed by atoms with Crippen LogP contribution in [0.3, 0.4) is 0 Å². The lowest BCUT2D eigenvalue weighted by Crippen LogP contribution is -2.35. The molecule has 0 saturated heterocycles. The number of amides is 1. The molecule has 0 spiro atoms. The number of halogens is 1. The van der Waals surface area contributed by atoms with Crippen molar-refractivity contribution in [3.8, 4) is 0 Å². The fourth-order valence-electron chi connectivity index (χ4n) is 1.46. The zero-order chi connectivity index (χ0) is 13.7.